The summed E-state index contributed by atoms with van der Waals surface area (Å²) in [4.78, 5) is 15.7. The first-order valence-electron chi connectivity index (χ1n) is 5.46. The normalized spacial score (nSPS) is 10.7. The lowest BCUT2D eigenvalue weighted by Crippen LogP contribution is -2.06. The molecule has 0 amide bonds. The van der Waals surface area contributed by atoms with Crippen LogP contribution in [0.1, 0.15) is 22.8 Å². The van der Waals surface area contributed by atoms with Gasteiger partial charge in [0.1, 0.15) is 5.82 Å². The zero-order valence-electron chi connectivity index (χ0n) is 9.96. The Kier molecular flexibility index (Phi) is 3.48. The molecule has 0 saturated carbocycles. The van der Waals surface area contributed by atoms with E-state index >= 15 is 0 Å². The first-order chi connectivity index (χ1) is 8.54. The standard InChI is InChI=1S/C13H11ClFNO2/c1-3-18-13(17)9-6-16-11-5-10(15)7(2)4-8(11)12(9)14/h4-6H,3H2,1-2H3. The van der Waals surface area contributed by atoms with Gasteiger partial charge in [0.05, 0.1) is 22.7 Å². The Labute approximate surface area is 109 Å². The molecule has 0 fully saturated rings. The van der Waals surface area contributed by atoms with Crippen LogP contribution in [-0.4, -0.2) is 17.6 Å². The highest BCUT2D eigenvalue weighted by Crippen LogP contribution is 2.28. The largest absolute Gasteiger partial charge is 0.462 e. The van der Waals surface area contributed by atoms with E-state index < -0.39 is 5.97 Å². The molecule has 0 unspecified atom stereocenters. The quantitative estimate of drug-likeness (QED) is 0.782. The van der Waals surface area contributed by atoms with Gasteiger partial charge in [-0.2, -0.15) is 0 Å². The van der Waals surface area contributed by atoms with E-state index in [4.69, 9.17) is 16.3 Å². The molecule has 0 aliphatic carbocycles. The molecule has 1 aromatic heterocycles. The number of rotatable bonds is 2. The van der Waals surface area contributed by atoms with E-state index in [-0.39, 0.29) is 23.0 Å². The van der Waals surface area contributed by atoms with Crippen molar-refractivity contribution in [2.45, 2.75) is 13.8 Å². The number of fused-ring (bicyclic) bond motifs is 1. The summed E-state index contributed by atoms with van der Waals surface area (Å²) >= 11 is 6.13. The SMILES string of the molecule is CCOC(=O)c1cnc2cc(F)c(C)cc2c1Cl. The van der Waals surface area contributed by atoms with E-state index in [1.807, 2.05) is 0 Å². The van der Waals surface area contributed by atoms with Crippen molar-refractivity contribution in [1.29, 1.82) is 0 Å². The molecular weight excluding hydrogens is 257 g/mol. The molecule has 3 nitrogen and oxygen atoms in total. The summed E-state index contributed by atoms with van der Waals surface area (Å²) in [6.07, 6.45) is 1.30. The molecule has 0 N–H and O–H groups in total. The monoisotopic (exact) mass is 267 g/mol. The van der Waals surface area contributed by atoms with Crippen LogP contribution in [0.25, 0.3) is 10.9 Å². The molecule has 1 heterocycles. The van der Waals surface area contributed by atoms with Gasteiger partial charge in [0.25, 0.3) is 0 Å². The highest BCUT2D eigenvalue weighted by atomic mass is 35.5. The molecular formula is C13H11ClFNO2. The molecule has 0 saturated heterocycles. The maximum Gasteiger partial charge on any atom is 0.341 e. The van der Waals surface area contributed by atoms with Gasteiger partial charge in [0, 0.05) is 17.6 Å². The number of carbonyl (C=O) groups is 1. The van der Waals surface area contributed by atoms with E-state index in [0.717, 1.165) is 0 Å². The van der Waals surface area contributed by atoms with Crippen LogP contribution in [0.15, 0.2) is 18.3 Å². The van der Waals surface area contributed by atoms with Crippen LogP contribution in [0.3, 0.4) is 0 Å². The zero-order chi connectivity index (χ0) is 13.3. The topological polar surface area (TPSA) is 39.2 Å². The van der Waals surface area contributed by atoms with Gasteiger partial charge in [-0.1, -0.05) is 11.6 Å². The maximum absolute atomic E-state index is 13.4. The molecule has 0 radical (unpaired) electrons. The molecule has 2 aromatic rings. The van der Waals surface area contributed by atoms with Gasteiger partial charge < -0.3 is 4.74 Å². The minimum absolute atomic E-state index is 0.192. The Hall–Kier alpha value is -1.68. The first-order valence-corrected chi connectivity index (χ1v) is 5.84. The number of aromatic nitrogens is 1. The summed E-state index contributed by atoms with van der Waals surface area (Å²) in [6.45, 7) is 3.59. The summed E-state index contributed by atoms with van der Waals surface area (Å²) in [5.41, 5.74) is 1.06. The number of carbonyl (C=O) groups excluding carboxylic acids is 1. The summed E-state index contributed by atoms with van der Waals surface area (Å²) < 4.78 is 18.3. The molecule has 18 heavy (non-hydrogen) atoms. The number of benzene rings is 1. The van der Waals surface area contributed by atoms with Crippen molar-refractivity contribution in [3.8, 4) is 0 Å². The molecule has 0 aliphatic heterocycles. The van der Waals surface area contributed by atoms with Crippen LogP contribution in [0, 0.1) is 12.7 Å². The van der Waals surface area contributed by atoms with E-state index in [1.165, 1.54) is 12.3 Å². The zero-order valence-corrected chi connectivity index (χ0v) is 10.7. The summed E-state index contributed by atoms with van der Waals surface area (Å²) in [6, 6.07) is 2.87. The van der Waals surface area contributed by atoms with Gasteiger partial charge in [-0.05, 0) is 25.5 Å². The third kappa shape index (κ3) is 2.16. The molecule has 2 rings (SSSR count). The highest BCUT2D eigenvalue weighted by molar-refractivity contribution is 6.38. The fraction of sp³-hybridized carbons (Fsp3) is 0.231. The molecule has 5 heteroatoms. The van der Waals surface area contributed by atoms with Gasteiger partial charge in [-0.3, -0.25) is 4.98 Å². The molecule has 0 bridgehead atoms. The highest BCUT2D eigenvalue weighted by Gasteiger charge is 2.15. The number of hydrogen-bond acceptors (Lipinski definition) is 3. The van der Waals surface area contributed by atoms with Crippen LogP contribution in [0.4, 0.5) is 4.39 Å². The smallest absolute Gasteiger partial charge is 0.341 e. The Bertz CT molecular complexity index is 628. The van der Waals surface area contributed by atoms with E-state index in [9.17, 15) is 9.18 Å². The van der Waals surface area contributed by atoms with Crippen LogP contribution in [0.2, 0.25) is 5.02 Å². The molecule has 0 spiro atoms. The second-order valence-corrected chi connectivity index (χ2v) is 4.20. The molecule has 1 aromatic carbocycles. The first kappa shape index (κ1) is 12.8. The number of hydrogen-bond donors (Lipinski definition) is 0. The number of nitrogens with zero attached hydrogens (tertiary/aromatic N) is 1. The molecule has 94 valence electrons. The van der Waals surface area contributed by atoms with Crippen LogP contribution in [-0.2, 0) is 4.74 Å². The van der Waals surface area contributed by atoms with Gasteiger partial charge in [-0.15, -0.1) is 0 Å². The van der Waals surface area contributed by atoms with Gasteiger partial charge in [0.2, 0.25) is 0 Å². The predicted molar refractivity (Wildman–Crippen MR) is 67.4 cm³/mol. The van der Waals surface area contributed by atoms with Crippen molar-refractivity contribution in [3.05, 3.63) is 40.3 Å². The lowest BCUT2D eigenvalue weighted by molar-refractivity contribution is 0.0526. The Balaban J connectivity index is 2.63. The van der Waals surface area contributed by atoms with Crippen molar-refractivity contribution < 1.29 is 13.9 Å². The molecule has 0 aliphatic rings. The fourth-order valence-corrected chi connectivity index (χ4v) is 1.92. The van der Waals surface area contributed by atoms with E-state index in [1.54, 1.807) is 19.9 Å². The van der Waals surface area contributed by atoms with Crippen LogP contribution in [0.5, 0.6) is 0 Å². The van der Waals surface area contributed by atoms with Crippen molar-refractivity contribution >= 4 is 28.5 Å². The number of ether oxygens (including phenoxy) is 1. The lowest BCUT2D eigenvalue weighted by Gasteiger charge is -2.07. The van der Waals surface area contributed by atoms with Crippen molar-refractivity contribution in [1.82, 2.24) is 4.98 Å². The van der Waals surface area contributed by atoms with Crippen LogP contribution >= 0.6 is 11.6 Å². The number of pyridine rings is 1. The average molecular weight is 268 g/mol. The predicted octanol–water partition coefficient (Wildman–Crippen LogP) is 3.51. The summed E-state index contributed by atoms with van der Waals surface area (Å²) in [5.74, 6) is -0.881. The second-order valence-electron chi connectivity index (χ2n) is 3.82. The second kappa shape index (κ2) is 4.90. The molecule has 0 atom stereocenters. The fourth-order valence-electron chi connectivity index (χ4n) is 1.64. The van der Waals surface area contributed by atoms with Gasteiger partial charge in [0.15, 0.2) is 0 Å². The number of esters is 1. The van der Waals surface area contributed by atoms with Crippen molar-refractivity contribution in [2.24, 2.45) is 0 Å². The van der Waals surface area contributed by atoms with Crippen molar-refractivity contribution in [2.75, 3.05) is 6.61 Å². The lowest BCUT2D eigenvalue weighted by atomic mass is 10.1. The number of halogens is 2. The summed E-state index contributed by atoms with van der Waals surface area (Å²) in [7, 11) is 0. The van der Waals surface area contributed by atoms with Crippen LogP contribution < -0.4 is 0 Å². The van der Waals surface area contributed by atoms with Crippen molar-refractivity contribution in [3.63, 3.8) is 0 Å². The van der Waals surface area contributed by atoms with Gasteiger partial charge in [-0.25, -0.2) is 9.18 Å². The minimum atomic E-state index is -0.529. The summed E-state index contributed by atoms with van der Waals surface area (Å²) in [5, 5.41) is 0.780. The average Bonchev–Trinajstić information content (AvgIpc) is 2.32. The maximum atomic E-state index is 13.4. The number of aryl methyl sites for hydroxylation is 1. The van der Waals surface area contributed by atoms with Gasteiger partial charge >= 0.3 is 5.97 Å². The Morgan fingerprint density at radius 3 is 2.89 bits per heavy atom. The Morgan fingerprint density at radius 1 is 1.50 bits per heavy atom. The van der Waals surface area contributed by atoms with E-state index in [2.05, 4.69) is 4.98 Å². The third-order valence-corrected chi connectivity index (χ3v) is 2.99. The Morgan fingerprint density at radius 2 is 2.22 bits per heavy atom. The third-order valence-electron chi connectivity index (χ3n) is 2.58. The van der Waals surface area contributed by atoms with E-state index in [0.29, 0.717) is 16.5 Å². The minimum Gasteiger partial charge on any atom is -0.462 e.